The van der Waals surface area contributed by atoms with Gasteiger partial charge in [0.25, 0.3) is 0 Å². The minimum atomic E-state index is 0.0319. The van der Waals surface area contributed by atoms with Gasteiger partial charge in [0.2, 0.25) is 0 Å². The highest BCUT2D eigenvalue weighted by Crippen LogP contribution is 2.38. The van der Waals surface area contributed by atoms with Crippen LogP contribution in [0.2, 0.25) is 0 Å². The summed E-state index contributed by atoms with van der Waals surface area (Å²) < 4.78 is 17.1. The molecule has 0 aromatic carbocycles. The van der Waals surface area contributed by atoms with Gasteiger partial charge < -0.3 is 19.5 Å². The van der Waals surface area contributed by atoms with E-state index in [4.69, 9.17) is 14.2 Å². The fraction of sp³-hybridized carbons (Fsp3) is 1.00. The van der Waals surface area contributed by atoms with Gasteiger partial charge in [-0.15, -0.1) is 0 Å². The molecule has 3 fully saturated rings. The first-order valence-electron chi connectivity index (χ1n) is 7.78. The lowest BCUT2D eigenvalue weighted by atomic mass is 9.78. The minimum Gasteiger partial charge on any atom is -0.381 e. The van der Waals surface area contributed by atoms with Crippen molar-refractivity contribution in [2.24, 2.45) is 11.8 Å². The quantitative estimate of drug-likeness (QED) is 0.841. The summed E-state index contributed by atoms with van der Waals surface area (Å²) in [4.78, 5) is 0. The van der Waals surface area contributed by atoms with Crippen LogP contribution in [0.3, 0.4) is 0 Å². The van der Waals surface area contributed by atoms with Crippen LogP contribution in [0.5, 0.6) is 0 Å². The Kier molecular flexibility index (Phi) is 4.42. The van der Waals surface area contributed by atoms with Gasteiger partial charge in [0.1, 0.15) is 0 Å². The SMILES string of the molecule is CNC(CC1CCOC1)C1CCOC2(CCOC2)C1. The van der Waals surface area contributed by atoms with Crippen molar-refractivity contribution in [3.05, 3.63) is 0 Å². The molecule has 0 amide bonds. The zero-order valence-corrected chi connectivity index (χ0v) is 12.0. The van der Waals surface area contributed by atoms with Crippen LogP contribution in [0.4, 0.5) is 0 Å². The van der Waals surface area contributed by atoms with Gasteiger partial charge in [-0.25, -0.2) is 0 Å². The molecule has 0 aromatic heterocycles. The predicted octanol–water partition coefficient (Wildman–Crippen LogP) is 1.59. The van der Waals surface area contributed by atoms with E-state index in [0.29, 0.717) is 6.04 Å². The van der Waals surface area contributed by atoms with Crippen LogP contribution in [-0.4, -0.2) is 51.7 Å². The lowest BCUT2D eigenvalue weighted by Gasteiger charge is -2.41. The fourth-order valence-corrected chi connectivity index (χ4v) is 3.95. The number of hydrogen-bond donors (Lipinski definition) is 1. The molecule has 0 aliphatic carbocycles. The van der Waals surface area contributed by atoms with Gasteiger partial charge in [0.05, 0.1) is 12.2 Å². The van der Waals surface area contributed by atoms with E-state index in [9.17, 15) is 0 Å². The van der Waals surface area contributed by atoms with Gasteiger partial charge in [0.15, 0.2) is 0 Å². The molecule has 3 aliphatic heterocycles. The Hall–Kier alpha value is -0.160. The Morgan fingerprint density at radius 2 is 2.16 bits per heavy atom. The van der Waals surface area contributed by atoms with E-state index in [1.165, 1.54) is 19.3 Å². The summed E-state index contributed by atoms with van der Waals surface area (Å²) in [6.45, 7) is 4.47. The average Bonchev–Trinajstić information content (AvgIpc) is 3.08. The van der Waals surface area contributed by atoms with E-state index >= 15 is 0 Å². The monoisotopic (exact) mass is 269 g/mol. The van der Waals surface area contributed by atoms with Crippen molar-refractivity contribution in [3.63, 3.8) is 0 Å². The lowest BCUT2D eigenvalue weighted by Crippen LogP contribution is -2.47. The van der Waals surface area contributed by atoms with Crippen molar-refractivity contribution in [3.8, 4) is 0 Å². The average molecular weight is 269 g/mol. The zero-order valence-electron chi connectivity index (χ0n) is 12.0. The van der Waals surface area contributed by atoms with Crippen LogP contribution >= 0.6 is 0 Å². The zero-order chi connectivity index (χ0) is 13.1. The van der Waals surface area contributed by atoms with Gasteiger partial charge in [-0.1, -0.05) is 0 Å². The first kappa shape index (κ1) is 13.8. The van der Waals surface area contributed by atoms with E-state index in [-0.39, 0.29) is 5.60 Å². The van der Waals surface area contributed by atoms with Crippen LogP contribution < -0.4 is 5.32 Å². The van der Waals surface area contributed by atoms with E-state index in [0.717, 1.165) is 57.7 Å². The molecule has 1 N–H and O–H groups in total. The third kappa shape index (κ3) is 3.13. The van der Waals surface area contributed by atoms with Gasteiger partial charge in [-0.3, -0.25) is 0 Å². The molecule has 4 unspecified atom stereocenters. The van der Waals surface area contributed by atoms with Crippen LogP contribution in [0.25, 0.3) is 0 Å². The Labute approximate surface area is 116 Å². The second kappa shape index (κ2) is 6.08. The Bertz CT molecular complexity index is 285. The molecule has 3 heterocycles. The summed E-state index contributed by atoms with van der Waals surface area (Å²) >= 11 is 0. The third-order valence-corrected chi connectivity index (χ3v) is 5.15. The molecule has 4 atom stereocenters. The summed E-state index contributed by atoms with van der Waals surface area (Å²) in [5.41, 5.74) is 0.0319. The molecule has 3 aliphatic rings. The Morgan fingerprint density at radius 3 is 2.84 bits per heavy atom. The van der Waals surface area contributed by atoms with Crippen molar-refractivity contribution in [2.75, 3.05) is 40.1 Å². The number of hydrogen-bond acceptors (Lipinski definition) is 4. The number of rotatable bonds is 4. The normalized spacial score (nSPS) is 40.9. The first-order valence-corrected chi connectivity index (χ1v) is 7.78. The van der Waals surface area contributed by atoms with E-state index in [2.05, 4.69) is 12.4 Å². The maximum Gasteiger partial charge on any atom is 0.0939 e. The summed E-state index contributed by atoms with van der Waals surface area (Å²) in [5, 5.41) is 3.55. The van der Waals surface area contributed by atoms with Gasteiger partial charge in [-0.2, -0.15) is 0 Å². The van der Waals surface area contributed by atoms with Crippen LogP contribution in [0.15, 0.2) is 0 Å². The standard InChI is InChI=1S/C15H27NO3/c1-16-14(8-12-2-5-17-10-12)13-3-6-19-15(9-13)4-7-18-11-15/h12-14,16H,2-11H2,1H3. The third-order valence-electron chi connectivity index (χ3n) is 5.15. The van der Waals surface area contributed by atoms with Crippen molar-refractivity contribution >= 4 is 0 Å². The second-order valence-corrected chi connectivity index (χ2v) is 6.45. The van der Waals surface area contributed by atoms with E-state index in [1.54, 1.807) is 0 Å². The molecule has 0 saturated carbocycles. The smallest absolute Gasteiger partial charge is 0.0939 e. The molecule has 4 nitrogen and oxygen atoms in total. The largest absolute Gasteiger partial charge is 0.381 e. The number of ether oxygens (including phenoxy) is 3. The molecular formula is C15H27NO3. The Balaban J connectivity index is 1.58. The van der Waals surface area contributed by atoms with Crippen LogP contribution in [0.1, 0.15) is 32.1 Å². The second-order valence-electron chi connectivity index (χ2n) is 6.45. The van der Waals surface area contributed by atoms with E-state index in [1.807, 2.05) is 0 Å². The lowest BCUT2D eigenvalue weighted by molar-refractivity contribution is -0.103. The molecule has 1 spiro atoms. The van der Waals surface area contributed by atoms with Gasteiger partial charge in [0, 0.05) is 38.9 Å². The van der Waals surface area contributed by atoms with Crippen molar-refractivity contribution in [1.82, 2.24) is 5.32 Å². The summed E-state index contributed by atoms with van der Waals surface area (Å²) in [5.74, 6) is 1.47. The minimum absolute atomic E-state index is 0.0319. The summed E-state index contributed by atoms with van der Waals surface area (Å²) in [7, 11) is 2.10. The maximum atomic E-state index is 6.04. The molecule has 4 heteroatoms. The van der Waals surface area contributed by atoms with Gasteiger partial charge in [-0.05, 0) is 44.6 Å². The molecule has 3 rings (SSSR count). The van der Waals surface area contributed by atoms with Crippen LogP contribution in [0, 0.1) is 11.8 Å². The first-order chi connectivity index (χ1) is 9.31. The highest BCUT2D eigenvalue weighted by atomic mass is 16.6. The summed E-state index contributed by atoms with van der Waals surface area (Å²) in [6, 6.07) is 0.605. The van der Waals surface area contributed by atoms with Crippen molar-refractivity contribution < 1.29 is 14.2 Å². The van der Waals surface area contributed by atoms with Crippen molar-refractivity contribution in [1.29, 1.82) is 0 Å². The van der Waals surface area contributed by atoms with E-state index < -0.39 is 0 Å². The summed E-state index contributed by atoms with van der Waals surface area (Å²) in [6.07, 6.45) is 5.90. The molecule has 0 radical (unpaired) electrons. The topological polar surface area (TPSA) is 39.7 Å². The molecule has 110 valence electrons. The fourth-order valence-electron chi connectivity index (χ4n) is 3.95. The Morgan fingerprint density at radius 1 is 1.21 bits per heavy atom. The molecule has 3 saturated heterocycles. The van der Waals surface area contributed by atoms with Gasteiger partial charge >= 0.3 is 0 Å². The highest BCUT2D eigenvalue weighted by Gasteiger charge is 2.43. The molecule has 19 heavy (non-hydrogen) atoms. The highest BCUT2D eigenvalue weighted by molar-refractivity contribution is 4.94. The molecule has 0 aromatic rings. The predicted molar refractivity (Wildman–Crippen MR) is 73.2 cm³/mol. The van der Waals surface area contributed by atoms with Crippen molar-refractivity contribution in [2.45, 2.75) is 43.7 Å². The maximum absolute atomic E-state index is 6.04. The molecular weight excluding hydrogens is 242 g/mol. The number of nitrogens with one attached hydrogen (secondary N) is 1. The van der Waals surface area contributed by atoms with Crippen LogP contribution in [-0.2, 0) is 14.2 Å². The molecule has 0 bridgehead atoms.